The molecule has 0 aliphatic rings. The molecule has 0 fully saturated rings. The van der Waals surface area contributed by atoms with E-state index in [1.54, 1.807) is 0 Å². The number of hydrogen-bond acceptors (Lipinski definition) is 2. The first kappa shape index (κ1) is 15.5. The standard InChI is InChI=1S/C20H23N3/c1-13(2)15-8-7-9-16(14(3)4)20(15)21-12-19-22-17-10-5-6-11-18(17)23-19/h5-14H,1-4H3,(H,22,23)/b21-12+. The Morgan fingerprint density at radius 3 is 2.17 bits per heavy atom. The zero-order valence-electron chi connectivity index (χ0n) is 14.2. The van der Waals surface area contributed by atoms with Crippen LogP contribution in [0.4, 0.5) is 5.69 Å². The summed E-state index contributed by atoms with van der Waals surface area (Å²) >= 11 is 0. The first-order valence-corrected chi connectivity index (χ1v) is 8.18. The monoisotopic (exact) mass is 305 g/mol. The molecular weight excluding hydrogens is 282 g/mol. The van der Waals surface area contributed by atoms with E-state index < -0.39 is 0 Å². The van der Waals surface area contributed by atoms with E-state index in [-0.39, 0.29) is 0 Å². The highest BCUT2D eigenvalue weighted by Crippen LogP contribution is 2.34. The Balaban J connectivity index is 2.04. The van der Waals surface area contributed by atoms with Crippen LogP contribution in [-0.2, 0) is 0 Å². The van der Waals surface area contributed by atoms with Crippen LogP contribution in [0.1, 0.15) is 56.5 Å². The lowest BCUT2D eigenvalue weighted by Gasteiger charge is -2.16. The van der Waals surface area contributed by atoms with Crippen molar-refractivity contribution in [2.75, 3.05) is 0 Å². The number of rotatable bonds is 4. The molecule has 3 rings (SSSR count). The molecule has 2 aromatic carbocycles. The molecule has 0 saturated carbocycles. The first-order valence-electron chi connectivity index (χ1n) is 8.18. The molecule has 1 aromatic heterocycles. The van der Waals surface area contributed by atoms with Crippen LogP contribution in [0, 0.1) is 0 Å². The van der Waals surface area contributed by atoms with Gasteiger partial charge in [0.1, 0.15) is 5.82 Å². The number of benzene rings is 2. The largest absolute Gasteiger partial charge is 0.337 e. The summed E-state index contributed by atoms with van der Waals surface area (Å²) in [5.74, 6) is 1.67. The average molecular weight is 305 g/mol. The van der Waals surface area contributed by atoms with Gasteiger partial charge in [0.25, 0.3) is 0 Å². The van der Waals surface area contributed by atoms with Crippen LogP contribution >= 0.6 is 0 Å². The van der Waals surface area contributed by atoms with Crippen LogP contribution in [0.2, 0.25) is 0 Å². The number of aromatic nitrogens is 2. The lowest BCUT2D eigenvalue weighted by atomic mass is 9.93. The predicted molar refractivity (Wildman–Crippen MR) is 98.0 cm³/mol. The average Bonchev–Trinajstić information content (AvgIpc) is 2.95. The molecule has 0 aliphatic heterocycles. The molecule has 3 aromatic rings. The van der Waals surface area contributed by atoms with E-state index in [9.17, 15) is 0 Å². The Hall–Kier alpha value is -2.42. The minimum Gasteiger partial charge on any atom is -0.337 e. The lowest BCUT2D eigenvalue weighted by molar-refractivity contribution is 0.835. The number of aliphatic imine (C=N–C) groups is 1. The van der Waals surface area contributed by atoms with Gasteiger partial charge in [-0.2, -0.15) is 0 Å². The number of imidazole rings is 1. The maximum absolute atomic E-state index is 4.80. The number of nitrogens with one attached hydrogen (secondary N) is 1. The number of hydrogen-bond donors (Lipinski definition) is 1. The summed E-state index contributed by atoms with van der Waals surface area (Å²) in [4.78, 5) is 12.7. The maximum Gasteiger partial charge on any atom is 0.149 e. The van der Waals surface area contributed by atoms with Gasteiger partial charge >= 0.3 is 0 Å². The summed E-state index contributed by atoms with van der Waals surface area (Å²) in [6.45, 7) is 8.83. The third kappa shape index (κ3) is 3.19. The van der Waals surface area contributed by atoms with Crippen LogP contribution < -0.4 is 0 Å². The summed E-state index contributed by atoms with van der Waals surface area (Å²) in [7, 11) is 0. The van der Waals surface area contributed by atoms with Crippen molar-refractivity contribution in [2.45, 2.75) is 39.5 Å². The van der Waals surface area contributed by atoms with Gasteiger partial charge in [-0.25, -0.2) is 4.98 Å². The lowest BCUT2D eigenvalue weighted by Crippen LogP contribution is -1.96. The number of H-pyrrole nitrogens is 1. The third-order valence-corrected chi connectivity index (χ3v) is 4.07. The molecule has 1 N–H and O–H groups in total. The number of nitrogens with zero attached hydrogens (tertiary/aromatic N) is 2. The molecule has 0 aliphatic carbocycles. The number of aromatic amines is 1. The highest BCUT2D eigenvalue weighted by Gasteiger charge is 2.12. The summed E-state index contributed by atoms with van der Waals surface area (Å²) in [6, 6.07) is 14.5. The molecule has 0 bridgehead atoms. The minimum atomic E-state index is 0.441. The van der Waals surface area contributed by atoms with Crippen LogP contribution in [0.5, 0.6) is 0 Å². The van der Waals surface area contributed by atoms with Crippen molar-refractivity contribution < 1.29 is 0 Å². The van der Waals surface area contributed by atoms with Crippen molar-refractivity contribution in [3.05, 3.63) is 59.4 Å². The quantitative estimate of drug-likeness (QED) is 0.630. The minimum absolute atomic E-state index is 0.441. The summed E-state index contributed by atoms with van der Waals surface area (Å²) < 4.78 is 0. The highest BCUT2D eigenvalue weighted by atomic mass is 14.9. The van der Waals surface area contributed by atoms with Crippen molar-refractivity contribution in [2.24, 2.45) is 4.99 Å². The van der Waals surface area contributed by atoms with E-state index in [1.165, 1.54) is 11.1 Å². The van der Waals surface area contributed by atoms with E-state index in [1.807, 2.05) is 30.5 Å². The second kappa shape index (κ2) is 6.37. The van der Waals surface area contributed by atoms with Crippen LogP contribution in [-0.4, -0.2) is 16.2 Å². The van der Waals surface area contributed by atoms with E-state index in [4.69, 9.17) is 4.99 Å². The molecule has 3 heteroatoms. The maximum atomic E-state index is 4.80. The molecular formula is C20H23N3. The Morgan fingerprint density at radius 1 is 0.913 bits per heavy atom. The Bertz CT molecular complexity index is 782. The Kier molecular flexibility index (Phi) is 4.28. The second-order valence-electron chi connectivity index (χ2n) is 6.49. The van der Waals surface area contributed by atoms with E-state index in [0.29, 0.717) is 11.8 Å². The summed E-state index contributed by atoms with van der Waals surface area (Å²) in [5.41, 5.74) is 5.65. The van der Waals surface area contributed by atoms with Crippen molar-refractivity contribution in [3.8, 4) is 0 Å². The fraction of sp³-hybridized carbons (Fsp3) is 0.300. The van der Waals surface area contributed by atoms with Crippen LogP contribution in [0.25, 0.3) is 11.0 Å². The molecule has 3 nitrogen and oxygen atoms in total. The molecule has 0 amide bonds. The Labute approximate surface area is 137 Å². The summed E-state index contributed by atoms with van der Waals surface area (Å²) in [6.07, 6.45) is 1.84. The fourth-order valence-corrected chi connectivity index (χ4v) is 2.82. The molecule has 1 heterocycles. The van der Waals surface area contributed by atoms with Gasteiger partial charge in [0.2, 0.25) is 0 Å². The second-order valence-corrected chi connectivity index (χ2v) is 6.49. The molecule has 118 valence electrons. The normalized spacial score (nSPS) is 12.1. The van der Waals surface area contributed by atoms with Gasteiger partial charge in [-0.15, -0.1) is 0 Å². The van der Waals surface area contributed by atoms with Crippen molar-refractivity contribution in [3.63, 3.8) is 0 Å². The van der Waals surface area contributed by atoms with Gasteiger partial charge < -0.3 is 4.98 Å². The highest BCUT2D eigenvalue weighted by molar-refractivity contribution is 5.85. The zero-order chi connectivity index (χ0) is 16.4. The Morgan fingerprint density at radius 2 is 1.57 bits per heavy atom. The topological polar surface area (TPSA) is 41.0 Å². The number of fused-ring (bicyclic) bond motifs is 1. The first-order chi connectivity index (χ1) is 11.1. The van der Waals surface area contributed by atoms with Gasteiger partial charge in [0.05, 0.1) is 22.9 Å². The molecule has 23 heavy (non-hydrogen) atoms. The molecule has 0 spiro atoms. The van der Waals surface area contributed by atoms with Crippen molar-refractivity contribution in [1.82, 2.24) is 9.97 Å². The van der Waals surface area contributed by atoms with Gasteiger partial charge in [-0.3, -0.25) is 4.99 Å². The molecule has 0 saturated heterocycles. The van der Waals surface area contributed by atoms with Crippen LogP contribution in [0.3, 0.4) is 0 Å². The SMILES string of the molecule is CC(C)c1cccc(C(C)C)c1/N=C/c1nc2ccccc2[nH]1. The van der Waals surface area contributed by atoms with Gasteiger partial charge in [-0.05, 0) is 35.1 Å². The van der Waals surface area contributed by atoms with Crippen molar-refractivity contribution in [1.29, 1.82) is 0 Å². The molecule has 0 atom stereocenters. The van der Waals surface area contributed by atoms with E-state index >= 15 is 0 Å². The molecule has 0 radical (unpaired) electrons. The van der Waals surface area contributed by atoms with Crippen molar-refractivity contribution >= 4 is 22.9 Å². The third-order valence-electron chi connectivity index (χ3n) is 4.07. The molecule has 0 unspecified atom stereocenters. The number of para-hydroxylation sites is 3. The van der Waals surface area contributed by atoms with Crippen LogP contribution in [0.15, 0.2) is 47.5 Å². The smallest absolute Gasteiger partial charge is 0.149 e. The van der Waals surface area contributed by atoms with Gasteiger partial charge in [0, 0.05) is 0 Å². The summed E-state index contributed by atoms with van der Waals surface area (Å²) in [5, 5.41) is 0. The fourth-order valence-electron chi connectivity index (χ4n) is 2.82. The van der Waals surface area contributed by atoms with E-state index in [0.717, 1.165) is 22.5 Å². The van der Waals surface area contributed by atoms with Gasteiger partial charge in [-0.1, -0.05) is 58.0 Å². The van der Waals surface area contributed by atoms with E-state index in [2.05, 4.69) is 55.9 Å². The zero-order valence-corrected chi connectivity index (χ0v) is 14.2. The van der Waals surface area contributed by atoms with Gasteiger partial charge in [0.15, 0.2) is 0 Å². The predicted octanol–water partition coefficient (Wildman–Crippen LogP) is 5.56.